The maximum atomic E-state index is 13.1. The second-order valence-corrected chi connectivity index (χ2v) is 7.28. The number of amides is 1. The van der Waals surface area contributed by atoms with Gasteiger partial charge in [0.1, 0.15) is 5.76 Å². The summed E-state index contributed by atoms with van der Waals surface area (Å²) in [6, 6.07) is 18.6. The summed E-state index contributed by atoms with van der Waals surface area (Å²) in [6.45, 7) is 4.48. The summed E-state index contributed by atoms with van der Waals surface area (Å²) in [5, 5.41) is 0.960. The molecule has 0 saturated heterocycles. The summed E-state index contributed by atoms with van der Waals surface area (Å²) in [5.41, 5.74) is 3.91. The zero-order valence-electron chi connectivity index (χ0n) is 16.4. The van der Waals surface area contributed by atoms with E-state index in [1.54, 1.807) is 29.4 Å². The summed E-state index contributed by atoms with van der Waals surface area (Å²) in [7, 11) is 0. The Bertz CT molecular complexity index is 1210. The smallest absolute Gasteiger partial charge is 0.254 e. The van der Waals surface area contributed by atoms with Gasteiger partial charge in [-0.1, -0.05) is 29.8 Å². The quantitative estimate of drug-likeness (QED) is 0.546. The van der Waals surface area contributed by atoms with Gasteiger partial charge in [-0.15, -0.1) is 0 Å². The lowest BCUT2D eigenvalue weighted by molar-refractivity contribution is 0.0717. The van der Waals surface area contributed by atoms with E-state index in [9.17, 15) is 9.59 Å². The molecular weight excluding hydrogens is 364 g/mol. The topological polar surface area (TPSA) is 66.3 Å². The van der Waals surface area contributed by atoms with E-state index >= 15 is 0 Å². The number of rotatable bonds is 5. The Morgan fingerprint density at radius 2 is 1.79 bits per heavy atom. The Labute approximate surface area is 168 Å². The van der Waals surface area contributed by atoms with Crippen LogP contribution in [0.1, 0.15) is 32.8 Å². The Balaban J connectivity index is 1.73. The summed E-state index contributed by atoms with van der Waals surface area (Å²) in [6.07, 6.45) is 1.58. The molecule has 5 heteroatoms. The first kappa shape index (κ1) is 18.7. The van der Waals surface area contributed by atoms with Crippen molar-refractivity contribution >= 4 is 16.8 Å². The number of hydrogen-bond acceptors (Lipinski definition) is 3. The Kier molecular flexibility index (Phi) is 5.04. The largest absolute Gasteiger partial charge is 0.467 e. The monoisotopic (exact) mass is 386 g/mol. The van der Waals surface area contributed by atoms with E-state index in [-0.39, 0.29) is 24.6 Å². The lowest BCUT2D eigenvalue weighted by atomic mass is 10.0. The number of hydrogen-bond donors (Lipinski definition) is 1. The number of aryl methyl sites for hydroxylation is 2. The normalized spacial score (nSPS) is 11.0. The molecule has 0 aliphatic rings. The van der Waals surface area contributed by atoms with Crippen molar-refractivity contribution < 1.29 is 9.21 Å². The number of H-pyrrole nitrogens is 1. The number of aromatic amines is 1. The maximum Gasteiger partial charge on any atom is 0.254 e. The molecule has 0 fully saturated rings. The van der Waals surface area contributed by atoms with Crippen molar-refractivity contribution in [3.8, 4) is 0 Å². The van der Waals surface area contributed by atoms with E-state index in [2.05, 4.69) is 4.98 Å². The van der Waals surface area contributed by atoms with Crippen molar-refractivity contribution in [2.75, 3.05) is 0 Å². The molecule has 0 saturated carbocycles. The zero-order valence-corrected chi connectivity index (χ0v) is 16.4. The second kappa shape index (κ2) is 7.80. The predicted octanol–water partition coefficient (Wildman–Crippen LogP) is 4.58. The van der Waals surface area contributed by atoms with Crippen LogP contribution < -0.4 is 5.56 Å². The van der Waals surface area contributed by atoms with Crippen molar-refractivity contribution in [3.05, 3.63) is 105 Å². The fourth-order valence-electron chi connectivity index (χ4n) is 3.61. The Hall–Kier alpha value is -3.60. The van der Waals surface area contributed by atoms with Crippen LogP contribution in [0.2, 0.25) is 0 Å². The molecule has 4 rings (SSSR count). The molecule has 0 radical (unpaired) electrons. The minimum atomic E-state index is -0.185. The highest BCUT2D eigenvalue weighted by atomic mass is 16.3. The molecule has 2 aromatic heterocycles. The van der Waals surface area contributed by atoms with Gasteiger partial charge in [0, 0.05) is 11.1 Å². The van der Waals surface area contributed by atoms with Crippen LogP contribution in [0.3, 0.4) is 0 Å². The number of furan rings is 1. The lowest BCUT2D eigenvalue weighted by Crippen LogP contribution is -2.32. The predicted molar refractivity (Wildman–Crippen MR) is 113 cm³/mol. The molecule has 0 spiro atoms. The molecule has 4 aromatic rings. The first-order valence-electron chi connectivity index (χ1n) is 9.51. The third-order valence-electron chi connectivity index (χ3n) is 4.97. The number of pyridine rings is 1. The number of benzene rings is 2. The molecular formula is C24H22N2O3. The van der Waals surface area contributed by atoms with Crippen molar-refractivity contribution in [3.63, 3.8) is 0 Å². The van der Waals surface area contributed by atoms with Crippen LogP contribution in [0.15, 0.2) is 76.1 Å². The van der Waals surface area contributed by atoms with Gasteiger partial charge in [0.25, 0.3) is 11.5 Å². The van der Waals surface area contributed by atoms with E-state index in [4.69, 9.17) is 4.42 Å². The van der Waals surface area contributed by atoms with E-state index < -0.39 is 0 Å². The van der Waals surface area contributed by atoms with Gasteiger partial charge in [-0.2, -0.15) is 0 Å². The van der Waals surface area contributed by atoms with E-state index in [0.717, 1.165) is 22.0 Å². The summed E-state index contributed by atoms with van der Waals surface area (Å²) < 4.78 is 5.44. The lowest BCUT2D eigenvalue weighted by Gasteiger charge is -2.22. The van der Waals surface area contributed by atoms with Crippen LogP contribution in [0, 0.1) is 13.8 Å². The molecule has 146 valence electrons. The Morgan fingerprint density at radius 1 is 1.00 bits per heavy atom. The number of fused-ring (bicyclic) bond motifs is 1. The highest BCUT2D eigenvalue weighted by Crippen LogP contribution is 2.20. The first-order chi connectivity index (χ1) is 14.0. The summed E-state index contributed by atoms with van der Waals surface area (Å²) in [5.74, 6) is 0.514. The summed E-state index contributed by atoms with van der Waals surface area (Å²) in [4.78, 5) is 30.5. The number of nitrogens with one attached hydrogen (secondary N) is 1. The number of aromatic nitrogens is 1. The van der Waals surface area contributed by atoms with E-state index in [1.165, 1.54) is 0 Å². The van der Waals surface area contributed by atoms with Crippen molar-refractivity contribution in [2.45, 2.75) is 26.9 Å². The number of nitrogens with zero attached hydrogens (tertiary/aromatic N) is 1. The summed E-state index contributed by atoms with van der Waals surface area (Å²) >= 11 is 0. The van der Waals surface area contributed by atoms with Crippen LogP contribution in [0.5, 0.6) is 0 Å². The molecule has 1 amide bonds. The van der Waals surface area contributed by atoms with Crippen LogP contribution in [0.25, 0.3) is 10.9 Å². The third-order valence-corrected chi connectivity index (χ3v) is 4.97. The van der Waals surface area contributed by atoms with Gasteiger partial charge < -0.3 is 14.3 Å². The average Bonchev–Trinajstić information content (AvgIpc) is 3.22. The van der Waals surface area contributed by atoms with Gasteiger partial charge in [-0.25, -0.2) is 0 Å². The molecule has 0 unspecified atom stereocenters. The molecule has 2 aromatic carbocycles. The molecule has 5 nitrogen and oxygen atoms in total. The number of carbonyl (C=O) groups excluding carboxylic acids is 1. The molecule has 0 aliphatic heterocycles. The highest BCUT2D eigenvalue weighted by Gasteiger charge is 2.19. The fraction of sp³-hybridized carbons (Fsp3) is 0.167. The van der Waals surface area contributed by atoms with Crippen LogP contribution in [-0.4, -0.2) is 15.8 Å². The van der Waals surface area contributed by atoms with Crippen molar-refractivity contribution in [2.24, 2.45) is 0 Å². The first-order valence-corrected chi connectivity index (χ1v) is 9.51. The standard InChI is InChI=1S/C24H22N2O3/c1-16-11-17(2)22-19(12-16)13-20(23(27)25-22)14-26(15-21-9-6-10-29-21)24(28)18-7-4-3-5-8-18/h3-13H,14-15H2,1-2H3,(H,25,27). The maximum absolute atomic E-state index is 13.1. The zero-order chi connectivity index (χ0) is 20.4. The van der Waals surface area contributed by atoms with Gasteiger partial charge in [0.2, 0.25) is 0 Å². The Morgan fingerprint density at radius 3 is 2.52 bits per heavy atom. The molecule has 29 heavy (non-hydrogen) atoms. The third kappa shape index (κ3) is 3.99. The number of carbonyl (C=O) groups is 1. The second-order valence-electron chi connectivity index (χ2n) is 7.28. The van der Waals surface area contributed by atoms with E-state index in [0.29, 0.717) is 16.9 Å². The van der Waals surface area contributed by atoms with Crippen LogP contribution >= 0.6 is 0 Å². The van der Waals surface area contributed by atoms with Gasteiger partial charge in [-0.3, -0.25) is 9.59 Å². The van der Waals surface area contributed by atoms with Crippen molar-refractivity contribution in [1.82, 2.24) is 9.88 Å². The molecule has 1 N–H and O–H groups in total. The average molecular weight is 386 g/mol. The highest BCUT2D eigenvalue weighted by molar-refractivity contribution is 5.94. The molecule has 0 bridgehead atoms. The van der Waals surface area contributed by atoms with E-state index in [1.807, 2.05) is 56.3 Å². The fourth-order valence-corrected chi connectivity index (χ4v) is 3.61. The van der Waals surface area contributed by atoms with Gasteiger partial charge in [0.15, 0.2) is 0 Å². The minimum absolute atomic E-state index is 0.151. The minimum Gasteiger partial charge on any atom is -0.467 e. The van der Waals surface area contributed by atoms with Crippen LogP contribution in [0.4, 0.5) is 0 Å². The molecule has 2 heterocycles. The van der Waals surface area contributed by atoms with Crippen molar-refractivity contribution in [1.29, 1.82) is 0 Å². The molecule has 0 aliphatic carbocycles. The molecule has 0 atom stereocenters. The van der Waals surface area contributed by atoms with Gasteiger partial charge >= 0.3 is 0 Å². The van der Waals surface area contributed by atoms with Crippen LogP contribution in [-0.2, 0) is 13.1 Å². The van der Waals surface area contributed by atoms with Gasteiger partial charge in [-0.05, 0) is 61.2 Å². The SMILES string of the molecule is Cc1cc(C)c2[nH]c(=O)c(CN(Cc3ccco3)C(=O)c3ccccc3)cc2c1. The van der Waals surface area contributed by atoms with Gasteiger partial charge in [0.05, 0.1) is 24.9 Å².